The van der Waals surface area contributed by atoms with E-state index in [2.05, 4.69) is 26.2 Å². The Balaban J connectivity index is 2.68. The molecule has 1 aromatic rings. The fourth-order valence-electron chi connectivity index (χ4n) is 1.23. The van der Waals surface area contributed by atoms with E-state index in [1.807, 2.05) is 0 Å². The van der Waals surface area contributed by atoms with Gasteiger partial charge in [-0.1, -0.05) is 22.9 Å². The molecule has 0 saturated heterocycles. The van der Waals surface area contributed by atoms with Gasteiger partial charge >= 0.3 is 5.97 Å². The Morgan fingerprint density at radius 1 is 1.56 bits per heavy atom. The molecule has 1 unspecified atom stereocenters. The highest BCUT2D eigenvalue weighted by Gasteiger charge is 2.22. The first kappa shape index (κ1) is 14.4. The number of H-pyrrole nitrogens is 1. The number of rotatable bonds is 5. The van der Waals surface area contributed by atoms with Crippen molar-refractivity contribution in [3.8, 4) is 17.5 Å². The summed E-state index contributed by atoms with van der Waals surface area (Å²) in [6.45, 7) is 1.70. The van der Waals surface area contributed by atoms with Gasteiger partial charge in [-0.3, -0.25) is 9.78 Å². The van der Waals surface area contributed by atoms with Gasteiger partial charge in [0.1, 0.15) is 6.04 Å². The average molecular weight is 321 g/mol. The predicted octanol–water partition coefficient (Wildman–Crippen LogP) is 0.621. The number of carbonyl (C=O) groups is 2. The highest BCUT2D eigenvalue weighted by molar-refractivity contribution is 9.09. The molecular formula is C10H13BrN2O5. The van der Waals surface area contributed by atoms with Crippen molar-refractivity contribution in [3.63, 3.8) is 0 Å². The molecule has 1 amide bonds. The summed E-state index contributed by atoms with van der Waals surface area (Å²) < 4.78 is 4.85. The van der Waals surface area contributed by atoms with Crippen molar-refractivity contribution in [3.05, 3.63) is 6.07 Å². The molecule has 7 nitrogen and oxygen atoms in total. The van der Waals surface area contributed by atoms with E-state index in [1.54, 1.807) is 6.92 Å². The number of aromatic amines is 1. The molecule has 100 valence electrons. The maximum atomic E-state index is 11.7. The first-order valence-electron chi connectivity index (χ1n) is 5.15. The summed E-state index contributed by atoms with van der Waals surface area (Å²) in [6, 6.07) is 0.248. The second-order valence-corrected chi connectivity index (χ2v) is 4.01. The first-order valence-corrected chi connectivity index (χ1v) is 6.28. The number of amides is 1. The van der Waals surface area contributed by atoms with Gasteiger partial charge in [-0.25, -0.2) is 4.79 Å². The van der Waals surface area contributed by atoms with Crippen LogP contribution in [0.4, 0.5) is 0 Å². The van der Waals surface area contributed by atoms with Crippen LogP contribution in [0, 0.1) is 0 Å². The van der Waals surface area contributed by atoms with Crippen molar-refractivity contribution in [1.82, 2.24) is 10.3 Å². The maximum absolute atomic E-state index is 11.7. The average Bonchev–Trinajstić information content (AvgIpc) is 2.64. The van der Waals surface area contributed by atoms with Crippen LogP contribution in [0.1, 0.15) is 13.3 Å². The number of halogens is 1. The third-order valence-electron chi connectivity index (χ3n) is 2.11. The van der Waals surface area contributed by atoms with Gasteiger partial charge in [-0.2, -0.15) is 0 Å². The number of nitrogens with one attached hydrogen (secondary N) is 2. The van der Waals surface area contributed by atoms with Crippen LogP contribution >= 0.6 is 15.9 Å². The monoisotopic (exact) mass is 320 g/mol. The quantitative estimate of drug-likeness (QED) is 0.469. The smallest absolute Gasteiger partial charge is 0.334 e. The molecule has 1 heterocycles. The molecule has 0 aliphatic rings. The molecule has 18 heavy (non-hydrogen) atoms. The molecule has 0 saturated carbocycles. The summed E-state index contributed by atoms with van der Waals surface area (Å²) in [5.74, 6) is -2.04. The number of hydrogen-bond donors (Lipinski definition) is 4. The lowest BCUT2D eigenvalue weighted by Gasteiger charge is -2.14. The van der Waals surface area contributed by atoms with Gasteiger partial charge in [0.05, 0.1) is 5.33 Å². The fourth-order valence-corrected chi connectivity index (χ4v) is 1.39. The fraction of sp³-hybridized carbons (Fsp3) is 0.400. The van der Waals surface area contributed by atoms with Crippen molar-refractivity contribution < 1.29 is 24.5 Å². The Hall–Kier alpha value is -1.70. The zero-order valence-electron chi connectivity index (χ0n) is 9.57. The van der Waals surface area contributed by atoms with Crippen molar-refractivity contribution in [1.29, 1.82) is 0 Å². The molecule has 0 aromatic carbocycles. The summed E-state index contributed by atoms with van der Waals surface area (Å²) >= 11 is 2.96. The van der Waals surface area contributed by atoms with Gasteiger partial charge in [0, 0.05) is 6.07 Å². The van der Waals surface area contributed by atoms with Crippen LogP contribution in [-0.4, -0.2) is 38.4 Å². The summed E-state index contributed by atoms with van der Waals surface area (Å²) in [5, 5.41) is 20.8. The normalized spacial score (nSPS) is 11.9. The zero-order valence-corrected chi connectivity index (χ0v) is 11.2. The van der Waals surface area contributed by atoms with Crippen LogP contribution in [0.2, 0.25) is 0 Å². The Morgan fingerprint density at radius 2 is 2.22 bits per heavy atom. The zero-order chi connectivity index (χ0) is 13.7. The number of aromatic nitrogens is 1. The largest absolute Gasteiger partial charge is 0.494 e. The lowest BCUT2D eigenvalue weighted by atomic mass is 10.2. The Bertz CT molecular complexity index is 445. The number of carbonyl (C=O) groups excluding carboxylic acids is 2. The van der Waals surface area contributed by atoms with E-state index in [9.17, 15) is 14.7 Å². The third-order valence-corrected chi connectivity index (χ3v) is 2.62. The van der Waals surface area contributed by atoms with Gasteiger partial charge in [0.25, 0.3) is 0 Å². The van der Waals surface area contributed by atoms with Gasteiger partial charge in [0.2, 0.25) is 11.8 Å². The minimum Gasteiger partial charge on any atom is -0.494 e. The molecule has 1 aromatic heterocycles. The minimum absolute atomic E-state index is 0.0764. The second kappa shape index (κ2) is 6.29. The molecule has 0 aliphatic carbocycles. The molecule has 0 radical (unpaired) electrons. The molecule has 0 spiro atoms. The molecule has 0 bridgehead atoms. The van der Waals surface area contributed by atoms with E-state index in [1.165, 1.54) is 0 Å². The van der Waals surface area contributed by atoms with Gasteiger partial charge in [-0.15, -0.1) is 0 Å². The Labute approximate surface area is 111 Å². The van der Waals surface area contributed by atoms with E-state index in [-0.39, 0.29) is 22.9 Å². The Morgan fingerprint density at radius 3 is 2.67 bits per heavy atom. The number of ether oxygens (including phenoxy) is 1. The highest BCUT2D eigenvalue weighted by Crippen LogP contribution is 2.29. The highest BCUT2D eigenvalue weighted by atomic mass is 79.9. The summed E-state index contributed by atoms with van der Waals surface area (Å²) in [4.78, 5) is 25.0. The van der Waals surface area contributed by atoms with Crippen LogP contribution in [0.25, 0.3) is 0 Å². The third kappa shape index (κ3) is 3.66. The van der Waals surface area contributed by atoms with Gasteiger partial charge in [0.15, 0.2) is 11.6 Å². The molecule has 1 atom stereocenters. The first-order chi connectivity index (χ1) is 8.47. The van der Waals surface area contributed by atoms with Crippen LogP contribution in [0.3, 0.4) is 0 Å². The van der Waals surface area contributed by atoms with Gasteiger partial charge < -0.3 is 20.3 Å². The number of esters is 1. The maximum Gasteiger partial charge on any atom is 0.334 e. The van der Waals surface area contributed by atoms with Crippen LogP contribution in [-0.2, 0) is 9.59 Å². The van der Waals surface area contributed by atoms with E-state index >= 15 is 0 Å². The molecule has 0 aliphatic heterocycles. The number of alkyl halides is 1. The van der Waals surface area contributed by atoms with Crippen molar-refractivity contribution in [2.24, 2.45) is 0 Å². The lowest BCUT2D eigenvalue weighted by molar-refractivity contribution is -0.139. The SMILES string of the molecule is CCC(NC(=O)CBr)C(=O)Oc1cc(O)[nH]c1O. The Kier molecular flexibility index (Phi) is 5.02. The summed E-state index contributed by atoms with van der Waals surface area (Å²) in [7, 11) is 0. The molecule has 8 heteroatoms. The summed E-state index contributed by atoms with van der Waals surface area (Å²) in [6.07, 6.45) is 0.342. The van der Waals surface area contributed by atoms with E-state index in [0.29, 0.717) is 6.42 Å². The minimum atomic E-state index is -0.813. The van der Waals surface area contributed by atoms with E-state index < -0.39 is 17.9 Å². The molecular weight excluding hydrogens is 308 g/mol. The van der Waals surface area contributed by atoms with Crippen molar-refractivity contribution in [2.75, 3.05) is 5.33 Å². The number of hydrogen-bond acceptors (Lipinski definition) is 5. The number of aromatic hydroxyl groups is 2. The van der Waals surface area contributed by atoms with E-state index in [0.717, 1.165) is 6.07 Å². The lowest BCUT2D eigenvalue weighted by Crippen LogP contribution is -2.43. The van der Waals surface area contributed by atoms with E-state index in [4.69, 9.17) is 9.84 Å². The summed E-state index contributed by atoms with van der Waals surface area (Å²) in [5.41, 5.74) is 0. The predicted molar refractivity (Wildman–Crippen MR) is 65.8 cm³/mol. The second-order valence-electron chi connectivity index (χ2n) is 3.45. The molecule has 4 N–H and O–H groups in total. The van der Waals surface area contributed by atoms with Gasteiger partial charge in [-0.05, 0) is 6.42 Å². The van der Waals surface area contributed by atoms with Crippen LogP contribution in [0.5, 0.6) is 17.5 Å². The van der Waals surface area contributed by atoms with Crippen LogP contribution < -0.4 is 10.1 Å². The topological polar surface area (TPSA) is 112 Å². The van der Waals surface area contributed by atoms with Crippen LogP contribution in [0.15, 0.2) is 6.07 Å². The molecule has 0 fully saturated rings. The van der Waals surface area contributed by atoms with Crippen molar-refractivity contribution in [2.45, 2.75) is 19.4 Å². The molecule has 1 rings (SSSR count). The van der Waals surface area contributed by atoms with Crippen molar-refractivity contribution >= 4 is 27.8 Å². The standard InChI is InChI=1S/C10H13BrN2O5/c1-2-5(12-8(15)4-11)10(17)18-6-3-7(14)13-9(6)16/h3,5,13-14,16H,2,4H2,1H3,(H,12,15).